The van der Waals surface area contributed by atoms with E-state index in [1.807, 2.05) is 23.6 Å². The Morgan fingerprint density at radius 3 is 2.63 bits per heavy atom. The second-order valence-electron chi connectivity index (χ2n) is 6.49. The minimum absolute atomic E-state index is 0.173. The second kappa shape index (κ2) is 8.98. The van der Waals surface area contributed by atoms with Gasteiger partial charge in [0, 0.05) is 30.5 Å². The topological polar surface area (TPSA) is 102 Å². The minimum atomic E-state index is -0.473. The van der Waals surface area contributed by atoms with Crippen molar-refractivity contribution >= 4 is 23.7 Å². The lowest BCUT2D eigenvalue weighted by Gasteiger charge is -2.15. The third kappa shape index (κ3) is 4.85. The largest absolute Gasteiger partial charge is 0.335 e. The first-order valence-corrected chi connectivity index (χ1v) is 10.1. The van der Waals surface area contributed by atoms with Crippen molar-refractivity contribution in [2.45, 2.75) is 62.5 Å². The van der Waals surface area contributed by atoms with E-state index in [9.17, 15) is 9.59 Å². The quantitative estimate of drug-likeness (QED) is 0.738. The minimum Gasteiger partial charge on any atom is -0.335 e. The molecule has 3 amide bonds. The number of pyridine rings is 1. The van der Waals surface area contributed by atoms with Crippen LogP contribution in [0.5, 0.6) is 0 Å². The summed E-state index contributed by atoms with van der Waals surface area (Å²) in [6.45, 7) is 4.42. The summed E-state index contributed by atoms with van der Waals surface area (Å²) in [6, 6.07) is 3.49. The predicted octanol–water partition coefficient (Wildman–Crippen LogP) is 2.61. The van der Waals surface area contributed by atoms with E-state index in [1.54, 1.807) is 19.3 Å². The van der Waals surface area contributed by atoms with Gasteiger partial charge in [-0.3, -0.25) is 15.1 Å². The van der Waals surface area contributed by atoms with Crippen LogP contribution in [0.15, 0.2) is 29.7 Å². The molecule has 2 N–H and O–H groups in total. The van der Waals surface area contributed by atoms with E-state index < -0.39 is 11.3 Å². The zero-order valence-electron chi connectivity index (χ0n) is 15.5. The number of thioether (sulfide) groups is 1. The first-order chi connectivity index (χ1) is 13.1. The van der Waals surface area contributed by atoms with Crippen molar-refractivity contribution in [1.82, 2.24) is 30.4 Å². The van der Waals surface area contributed by atoms with Crippen LogP contribution in [-0.2, 0) is 11.3 Å². The molecule has 0 aliphatic heterocycles. The third-order valence-electron chi connectivity index (χ3n) is 4.55. The summed E-state index contributed by atoms with van der Waals surface area (Å²) in [5, 5.41) is 13.9. The van der Waals surface area contributed by atoms with Crippen molar-refractivity contribution in [3.8, 4) is 11.4 Å². The predicted molar refractivity (Wildman–Crippen MR) is 103 cm³/mol. The highest BCUT2D eigenvalue weighted by Crippen LogP contribution is 2.26. The van der Waals surface area contributed by atoms with E-state index in [4.69, 9.17) is 0 Å². The van der Waals surface area contributed by atoms with Gasteiger partial charge >= 0.3 is 6.03 Å². The van der Waals surface area contributed by atoms with Crippen LogP contribution in [0.1, 0.15) is 39.5 Å². The van der Waals surface area contributed by atoms with Gasteiger partial charge < -0.3 is 9.88 Å². The van der Waals surface area contributed by atoms with Gasteiger partial charge in [0.1, 0.15) is 0 Å². The number of carbonyl (C=O) groups excluding carboxylic acids is 2. The van der Waals surface area contributed by atoms with Crippen LogP contribution in [-0.4, -0.2) is 43.0 Å². The molecular weight excluding hydrogens is 364 g/mol. The number of urea groups is 1. The maximum atomic E-state index is 12.3. The van der Waals surface area contributed by atoms with E-state index >= 15 is 0 Å². The monoisotopic (exact) mass is 388 g/mol. The van der Waals surface area contributed by atoms with Gasteiger partial charge in [-0.2, -0.15) is 0 Å². The molecule has 144 valence electrons. The van der Waals surface area contributed by atoms with Crippen molar-refractivity contribution < 1.29 is 9.59 Å². The smallest absolute Gasteiger partial charge is 0.321 e. The summed E-state index contributed by atoms with van der Waals surface area (Å²) in [5.41, 5.74) is 0.916. The molecule has 1 aliphatic carbocycles. The Kier molecular flexibility index (Phi) is 6.44. The lowest BCUT2D eigenvalue weighted by Crippen LogP contribution is -2.45. The van der Waals surface area contributed by atoms with Crippen LogP contribution >= 0.6 is 11.8 Å². The highest BCUT2D eigenvalue weighted by molar-refractivity contribution is 8.00. The normalized spacial score (nSPS) is 15.5. The molecule has 27 heavy (non-hydrogen) atoms. The van der Waals surface area contributed by atoms with Crippen LogP contribution in [0, 0.1) is 0 Å². The van der Waals surface area contributed by atoms with Gasteiger partial charge in [0.05, 0.1) is 5.25 Å². The second-order valence-corrected chi connectivity index (χ2v) is 7.80. The fraction of sp³-hybridized carbons (Fsp3) is 0.500. The number of nitrogens with zero attached hydrogens (tertiary/aromatic N) is 4. The molecule has 2 aromatic rings. The van der Waals surface area contributed by atoms with Crippen LogP contribution < -0.4 is 10.6 Å². The van der Waals surface area contributed by atoms with Crippen molar-refractivity contribution in [2.24, 2.45) is 0 Å². The Morgan fingerprint density at radius 1 is 1.26 bits per heavy atom. The molecule has 0 saturated heterocycles. The molecule has 2 aromatic heterocycles. The van der Waals surface area contributed by atoms with Crippen LogP contribution in [0.3, 0.4) is 0 Å². The van der Waals surface area contributed by atoms with Crippen molar-refractivity contribution in [3.05, 3.63) is 24.5 Å². The molecule has 8 nitrogen and oxygen atoms in total. The van der Waals surface area contributed by atoms with Crippen molar-refractivity contribution in [3.63, 3.8) is 0 Å². The van der Waals surface area contributed by atoms with Gasteiger partial charge in [0.15, 0.2) is 11.0 Å². The zero-order chi connectivity index (χ0) is 19.2. The molecule has 1 aliphatic rings. The molecule has 2 heterocycles. The molecule has 9 heteroatoms. The summed E-state index contributed by atoms with van der Waals surface area (Å²) < 4.78 is 1.95. The SMILES string of the molecule is CCn1c(S[C@@H](C)C(=O)NC(=O)NC2CCCC2)nnc1-c1ccncc1. The fourth-order valence-electron chi connectivity index (χ4n) is 3.09. The summed E-state index contributed by atoms with van der Waals surface area (Å²) in [7, 11) is 0. The lowest BCUT2D eigenvalue weighted by molar-refractivity contribution is -0.119. The van der Waals surface area contributed by atoms with E-state index in [0.29, 0.717) is 11.7 Å². The maximum absolute atomic E-state index is 12.3. The maximum Gasteiger partial charge on any atom is 0.321 e. The molecule has 0 spiro atoms. The summed E-state index contributed by atoms with van der Waals surface area (Å²) >= 11 is 1.28. The highest BCUT2D eigenvalue weighted by atomic mass is 32.2. The number of hydrogen-bond acceptors (Lipinski definition) is 6. The highest BCUT2D eigenvalue weighted by Gasteiger charge is 2.23. The Morgan fingerprint density at radius 2 is 1.96 bits per heavy atom. The van der Waals surface area contributed by atoms with E-state index in [1.165, 1.54) is 11.8 Å². The molecule has 1 atom stereocenters. The number of hydrogen-bond donors (Lipinski definition) is 2. The van der Waals surface area contributed by atoms with Gasteiger partial charge in [0.25, 0.3) is 0 Å². The van der Waals surface area contributed by atoms with Gasteiger partial charge in [0.2, 0.25) is 5.91 Å². The molecule has 0 unspecified atom stereocenters. The number of amides is 3. The number of aromatic nitrogens is 4. The number of imide groups is 1. The van der Waals surface area contributed by atoms with Crippen LogP contribution in [0.2, 0.25) is 0 Å². The average molecular weight is 388 g/mol. The first kappa shape index (κ1) is 19.3. The molecule has 1 fully saturated rings. The van der Waals surface area contributed by atoms with Crippen molar-refractivity contribution in [1.29, 1.82) is 0 Å². The molecule has 1 saturated carbocycles. The van der Waals surface area contributed by atoms with E-state index in [2.05, 4.69) is 25.8 Å². The Labute approximate surface area is 162 Å². The van der Waals surface area contributed by atoms with Gasteiger partial charge in [-0.05, 0) is 38.8 Å². The Hall–Kier alpha value is -2.42. The standard InChI is InChI=1S/C18H24N6O2S/c1-3-24-15(13-8-10-19-11-9-13)22-23-18(24)27-12(2)16(25)21-17(26)20-14-6-4-5-7-14/h8-12,14H,3-7H2,1-2H3,(H2,20,21,25,26)/t12-/m0/s1. The summed E-state index contributed by atoms with van der Waals surface area (Å²) in [4.78, 5) is 28.4. The van der Waals surface area contributed by atoms with E-state index in [-0.39, 0.29) is 11.9 Å². The number of rotatable bonds is 6. The van der Waals surface area contributed by atoms with Crippen LogP contribution in [0.25, 0.3) is 11.4 Å². The number of carbonyl (C=O) groups is 2. The average Bonchev–Trinajstić information content (AvgIpc) is 3.31. The van der Waals surface area contributed by atoms with Gasteiger partial charge in [-0.25, -0.2) is 4.79 Å². The number of nitrogens with one attached hydrogen (secondary N) is 2. The fourth-order valence-corrected chi connectivity index (χ4v) is 4.01. The van der Waals surface area contributed by atoms with E-state index in [0.717, 1.165) is 37.1 Å². The molecule has 3 rings (SSSR count). The Balaban J connectivity index is 1.61. The molecule has 0 bridgehead atoms. The molecular formula is C18H24N6O2S. The third-order valence-corrected chi connectivity index (χ3v) is 5.63. The van der Waals surface area contributed by atoms with Crippen molar-refractivity contribution in [2.75, 3.05) is 0 Å². The zero-order valence-corrected chi connectivity index (χ0v) is 16.3. The van der Waals surface area contributed by atoms with Gasteiger partial charge in [-0.1, -0.05) is 24.6 Å². The molecule has 0 aromatic carbocycles. The lowest BCUT2D eigenvalue weighted by atomic mass is 10.2. The summed E-state index contributed by atoms with van der Waals surface area (Å²) in [6.07, 6.45) is 7.60. The summed E-state index contributed by atoms with van der Waals surface area (Å²) in [5.74, 6) is 0.389. The van der Waals surface area contributed by atoms with Gasteiger partial charge in [-0.15, -0.1) is 10.2 Å². The Bertz CT molecular complexity index is 788. The van der Waals surface area contributed by atoms with Crippen LogP contribution in [0.4, 0.5) is 4.79 Å². The first-order valence-electron chi connectivity index (χ1n) is 9.20. The molecule has 0 radical (unpaired) electrons.